The topological polar surface area (TPSA) is 20.2 Å². The van der Waals surface area contributed by atoms with Gasteiger partial charge in [-0.1, -0.05) is 37.6 Å². The molecule has 2 saturated carbocycles. The molecule has 0 spiro atoms. The van der Waals surface area contributed by atoms with Crippen LogP contribution in [-0.4, -0.2) is 11.7 Å². The number of benzene rings is 1. The Balaban J connectivity index is 1.65. The molecule has 23 heavy (non-hydrogen) atoms. The fourth-order valence-corrected chi connectivity index (χ4v) is 6.81. The zero-order valence-corrected chi connectivity index (χ0v) is 15.0. The minimum atomic E-state index is 0.364. The highest BCUT2D eigenvalue weighted by Crippen LogP contribution is 2.64. The van der Waals surface area contributed by atoms with Gasteiger partial charge >= 0.3 is 0 Å². The van der Waals surface area contributed by atoms with E-state index in [1.807, 2.05) is 0 Å². The molecule has 0 bridgehead atoms. The average Bonchev–Trinajstić information content (AvgIpc) is 2.90. The number of rotatable bonds is 2. The van der Waals surface area contributed by atoms with E-state index in [2.05, 4.69) is 39.0 Å². The van der Waals surface area contributed by atoms with Gasteiger partial charge in [-0.2, -0.15) is 0 Å². The van der Waals surface area contributed by atoms with Crippen LogP contribution in [0.2, 0.25) is 0 Å². The molecule has 1 N–H and O–H groups in total. The quantitative estimate of drug-likeness (QED) is 0.806. The Morgan fingerprint density at radius 3 is 2.83 bits per heavy atom. The van der Waals surface area contributed by atoms with Crippen LogP contribution in [0.1, 0.15) is 68.6 Å². The molecule has 0 radical (unpaired) electrons. The largest absolute Gasteiger partial charge is 0.396 e. The molecule has 0 saturated heterocycles. The summed E-state index contributed by atoms with van der Waals surface area (Å²) in [6.07, 6.45) is 8.14. The molecule has 0 aromatic heterocycles. The molecule has 1 heteroatoms. The predicted octanol–water partition coefficient (Wildman–Crippen LogP) is 5.10. The number of aliphatic hydroxyl groups excluding tert-OH is 1. The van der Waals surface area contributed by atoms with Crippen LogP contribution in [0.4, 0.5) is 0 Å². The van der Waals surface area contributed by atoms with Gasteiger partial charge in [0, 0.05) is 6.61 Å². The van der Waals surface area contributed by atoms with Crippen LogP contribution in [0.5, 0.6) is 0 Å². The first-order chi connectivity index (χ1) is 11.0. The van der Waals surface area contributed by atoms with Gasteiger partial charge in [0.05, 0.1) is 0 Å². The van der Waals surface area contributed by atoms with E-state index < -0.39 is 0 Å². The molecule has 1 aromatic rings. The van der Waals surface area contributed by atoms with E-state index in [-0.39, 0.29) is 0 Å². The van der Waals surface area contributed by atoms with Crippen molar-refractivity contribution in [2.75, 3.05) is 6.61 Å². The summed E-state index contributed by atoms with van der Waals surface area (Å²) in [6.45, 7) is 7.41. The van der Waals surface area contributed by atoms with Crippen molar-refractivity contribution in [1.82, 2.24) is 0 Å². The second-order valence-electron chi connectivity index (χ2n) is 9.01. The lowest BCUT2D eigenvalue weighted by molar-refractivity contribution is 0.00158. The maximum Gasteiger partial charge on any atom is 0.0459 e. The van der Waals surface area contributed by atoms with Crippen molar-refractivity contribution in [2.45, 2.75) is 65.2 Å². The minimum Gasteiger partial charge on any atom is -0.396 e. The third-order valence-electron chi connectivity index (χ3n) is 7.93. The molecular weight excluding hydrogens is 280 g/mol. The standard InChI is InChI=1S/C22H32O/c1-14-4-6-17-16(12-14)5-7-19-18(17)10-11-22(3)20(15(2)13-23)8-9-21(19)22/h4,6,12,15,18-21,23H,5,7-11,13H2,1-3H3/t15-,18-,19-,20-,21+,22-/m1/s1. The summed E-state index contributed by atoms with van der Waals surface area (Å²) in [5.74, 6) is 3.79. The molecule has 0 amide bonds. The Bertz CT molecular complexity index is 592. The zero-order chi connectivity index (χ0) is 16.2. The van der Waals surface area contributed by atoms with Gasteiger partial charge in [0.1, 0.15) is 0 Å². The first-order valence-corrected chi connectivity index (χ1v) is 9.75. The lowest BCUT2D eigenvalue weighted by Crippen LogP contribution is -2.43. The summed E-state index contributed by atoms with van der Waals surface area (Å²) in [5.41, 5.74) is 5.20. The molecule has 3 aliphatic carbocycles. The van der Waals surface area contributed by atoms with Crippen molar-refractivity contribution in [3.8, 4) is 0 Å². The highest BCUT2D eigenvalue weighted by Gasteiger charge is 2.55. The van der Waals surface area contributed by atoms with Crippen molar-refractivity contribution in [3.05, 3.63) is 34.9 Å². The van der Waals surface area contributed by atoms with E-state index in [0.717, 1.165) is 23.7 Å². The number of aryl methyl sites for hydroxylation is 2. The van der Waals surface area contributed by atoms with Crippen LogP contribution in [0, 0.1) is 36.0 Å². The van der Waals surface area contributed by atoms with Crippen molar-refractivity contribution >= 4 is 0 Å². The van der Waals surface area contributed by atoms with Gasteiger partial charge in [0.25, 0.3) is 0 Å². The fourth-order valence-electron chi connectivity index (χ4n) is 6.81. The molecule has 4 rings (SSSR count). The van der Waals surface area contributed by atoms with Crippen molar-refractivity contribution in [1.29, 1.82) is 0 Å². The Kier molecular flexibility index (Phi) is 3.83. The molecule has 0 unspecified atom stereocenters. The maximum atomic E-state index is 9.69. The number of aliphatic hydroxyl groups is 1. The molecule has 126 valence electrons. The number of hydrogen-bond donors (Lipinski definition) is 1. The summed E-state index contributed by atoms with van der Waals surface area (Å²) >= 11 is 0. The summed E-state index contributed by atoms with van der Waals surface area (Å²) in [5, 5.41) is 9.69. The van der Waals surface area contributed by atoms with Gasteiger partial charge in [-0.05, 0) is 91.6 Å². The highest BCUT2D eigenvalue weighted by atomic mass is 16.3. The van der Waals surface area contributed by atoms with Gasteiger partial charge in [-0.15, -0.1) is 0 Å². The van der Waals surface area contributed by atoms with Crippen LogP contribution in [0.15, 0.2) is 18.2 Å². The van der Waals surface area contributed by atoms with E-state index in [4.69, 9.17) is 0 Å². The Morgan fingerprint density at radius 2 is 2.04 bits per heavy atom. The van der Waals surface area contributed by atoms with E-state index in [9.17, 15) is 5.11 Å². The lowest BCUT2D eigenvalue weighted by atomic mass is 9.53. The average molecular weight is 312 g/mol. The van der Waals surface area contributed by atoms with E-state index in [0.29, 0.717) is 17.9 Å². The maximum absolute atomic E-state index is 9.69. The molecule has 0 heterocycles. The summed E-state index contributed by atoms with van der Waals surface area (Å²) in [6, 6.07) is 7.19. The predicted molar refractivity (Wildman–Crippen MR) is 95.5 cm³/mol. The molecule has 1 nitrogen and oxygen atoms in total. The Hall–Kier alpha value is -0.820. The second kappa shape index (κ2) is 5.62. The van der Waals surface area contributed by atoms with E-state index >= 15 is 0 Å². The zero-order valence-electron chi connectivity index (χ0n) is 15.0. The van der Waals surface area contributed by atoms with Crippen LogP contribution in [0.25, 0.3) is 0 Å². The van der Waals surface area contributed by atoms with Crippen LogP contribution in [0.3, 0.4) is 0 Å². The molecular formula is C22H32O. The molecule has 0 aliphatic heterocycles. The monoisotopic (exact) mass is 312 g/mol. The summed E-state index contributed by atoms with van der Waals surface area (Å²) in [4.78, 5) is 0. The van der Waals surface area contributed by atoms with Crippen molar-refractivity contribution in [3.63, 3.8) is 0 Å². The van der Waals surface area contributed by atoms with Crippen LogP contribution >= 0.6 is 0 Å². The summed E-state index contributed by atoms with van der Waals surface area (Å²) < 4.78 is 0. The SMILES string of the molecule is Cc1ccc2c(c1)CC[C@@H]1[C@@H]2CC[C@]2(C)[C@@H]([C@H](C)CO)CC[C@@H]12. The number of fused-ring (bicyclic) bond motifs is 5. The smallest absolute Gasteiger partial charge is 0.0459 e. The third-order valence-corrected chi connectivity index (χ3v) is 7.93. The molecule has 6 atom stereocenters. The highest BCUT2D eigenvalue weighted by molar-refractivity contribution is 5.37. The fraction of sp³-hybridized carbons (Fsp3) is 0.727. The Labute approximate surface area is 141 Å². The Morgan fingerprint density at radius 1 is 1.22 bits per heavy atom. The van der Waals surface area contributed by atoms with E-state index in [1.54, 1.807) is 11.1 Å². The third kappa shape index (κ3) is 2.30. The van der Waals surface area contributed by atoms with Crippen LogP contribution < -0.4 is 0 Å². The number of hydrogen-bond acceptors (Lipinski definition) is 1. The van der Waals surface area contributed by atoms with Crippen molar-refractivity contribution in [2.24, 2.45) is 29.1 Å². The van der Waals surface area contributed by atoms with Gasteiger partial charge < -0.3 is 5.11 Å². The molecule has 2 fully saturated rings. The minimum absolute atomic E-state index is 0.364. The molecule has 3 aliphatic rings. The van der Waals surface area contributed by atoms with E-state index in [1.165, 1.54) is 44.1 Å². The molecule has 1 aromatic carbocycles. The van der Waals surface area contributed by atoms with Crippen LogP contribution in [-0.2, 0) is 6.42 Å². The normalized spacial score (nSPS) is 40.2. The van der Waals surface area contributed by atoms with Gasteiger partial charge in [0.15, 0.2) is 0 Å². The second-order valence-corrected chi connectivity index (χ2v) is 9.01. The first-order valence-electron chi connectivity index (χ1n) is 9.75. The van der Waals surface area contributed by atoms with Crippen molar-refractivity contribution < 1.29 is 5.11 Å². The van der Waals surface area contributed by atoms with Gasteiger partial charge in [0.2, 0.25) is 0 Å². The lowest BCUT2D eigenvalue weighted by Gasteiger charge is -2.52. The van der Waals surface area contributed by atoms with Gasteiger partial charge in [-0.25, -0.2) is 0 Å². The summed E-state index contributed by atoms with van der Waals surface area (Å²) in [7, 11) is 0. The first kappa shape index (κ1) is 15.7. The van der Waals surface area contributed by atoms with Gasteiger partial charge in [-0.3, -0.25) is 0 Å².